The van der Waals surface area contributed by atoms with Crippen LogP contribution in [0.1, 0.15) is 285 Å². The Bertz CT molecular complexity index is 857. The molecular formula is C51H98O6. The zero-order chi connectivity index (χ0) is 41.7. The maximum atomic E-state index is 12.7. The Balaban J connectivity index is 4.24. The zero-order valence-corrected chi connectivity index (χ0v) is 38.8. The van der Waals surface area contributed by atoms with Gasteiger partial charge >= 0.3 is 17.9 Å². The predicted molar refractivity (Wildman–Crippen MR) is 243 cm³/mol. The van der Waals surface area contributed by atoms with Crippen molar-refractivity contribution in [3.63, 3.8) is 0 Å². The summed E-state index contributed by atoms with van der Waals surface area (Å²) in [7, 11) is 0. The van der Waals surface area contributed by atoms with Crippen LogP contribution in [0, 0.1) is 5.92 Å². The van der Waals surface area contributed by atoms with E-state index in [2.05, 4.69) is 27.7 Å². The minimum absolute atomic E-state index is 0.0631. The third kappa shape index (κ3) is 45.3. The monoisotopic (exact) mass is 807 g/mol. The number of hydrogen-bond acceptors (Lipinski definition) is 6. The first kappa shape index (κ1) is 55.4. The standard InChI is InChI=1S/C51H98O6/c1-5-7-9-11-13-15-16-17-18-19-20-23-27-30-34-38-42-49(52)55-45-48(57-51(54)44-40-36-32-25-14-12-10-8-6-2)46-56-50(53)43-39-35-31-28-24-21-22-26-29-33-37-41-47(3)4/h47-48H,5-46H2,1-4H3/t48-/m0/s1. The topological polar surface area (TPSA) is 78.9 Å². The highest BCUT2D eigenvalue weighted by Gasteiger charge is 2.19. The fourth-order valence-corrected chi connectivity index (χ4v) is 7.69. The summed E-state index contributed by atoms with van der Waals surface area (Å²) in [6.45, 7) is 9.00. The van der Waals surface area contributed by atoms with E-state index in [0.717, 1.165) is 63.7 Å². The molecule has 0 radical (unpaired) electrons. The predicted octanol–water partition coefficient (Wildman–Crippen LogP) is 16.3. The summed E-state index contributed by atoms with van der Waals surface area (Å²) in [4.78, 5) is 37.8. The van der Waals surface area contributed by atoms with Gasteiger partial charge in [0.05, 0.1) is 0 Å². The second-order valence-corrected chi connectivity index (χ2v) is 17.9. The molecule has 0 bridgehead atoms. The first-order chi connectivity index (χ1) is 27.9. The van der Waals surface area contributed by atoms with Gasteiger partial charge in [-0.15, -0.1) is 0 Å². The van der Waals surface area contributed by atoms with Crippen LogP contribution in [-0.2, 0) is 28.6 Å². The molecule has 0 aliphatic heterocycles. The third-order valence-electron chi connectivity index (χ3n) is 11.5. The SMILES string of the molecule is CCCCCCCCCCCCCCCCCCC(=O)OC[C@@H](COC(=O)CCCCCCCCCCCCCC(C)C)OC(=O)CCCCCCCCCCC. The fourth-order valence-electron chi connectivity index (χ4n) is 7.69. The molecule has 0 saturated carbocycles. The second kappa shape index (κ2) is 45.5. The van der Waals surface area contributed by atoms with Crippen molar-refractivity contribution in [3.8, 4) is 0 Å². The number of carbonyl (C=O) groups is 3. The van der Waals surface area contributed by atoms with E-state index >= 15 is 0 Å². The lowest BCUT2D eigenvalue weighted by Crippen LogP contribution is -2.30. The van der Waals surface area contributed by atoms with Crippen molar-refractivity contribution in [2.45, 2.75) is 291 Å². The lowest BCUT2D eigenvalue weighted by atomic mass is 10.0. The van der Waals surface area contributed by atoms with Crippen LogP contribution in [0.3, 0.4) is 0 Å². The Hall–Kier alpha value is -1.59. The fraction of sp³-hybridized carbons (Fsp3) is 0.941. The van der Waals surface area contributed by atoms with Crippen molar-refractivity contribution >= 4 is 17.9 Å². The summed E-state index contributed by atoms with van der Waals surface area (Å²) in [6.07, 6.45) is 46.6. The van der Waals surface area contributed by atoms with Crippen LogP contribution in [0.25, 0.3) is 0 Å². The minimum atomic E-state index is -0.759. The van der Waals surface area contributed by atoms with Crippen LogP contribution in [-0.4, -0.2) is 37.2 Å². The van der Waals surface area contributed by atoms with Crippen molar-refractivity contribution in [1.29, 1.82) is 0 Å². The number of esters is 3. The average molecular weight is 807 g/mol. The van der Waals surface area contributed by atoms with Crippen LogP contribution in [0.5, 0.6) is 0 Å². The summed E-state index contributed by atoms with van der Waals surface area (Å²) < 4.78 is 16.8. The Morgan fingerprint density at radius 2 is 0.579 bits per heavy atom. The van der Waals surface area contributed by atoms with Gasteiger partial charge in [0, 0.05) is 19.3 Å². The van der Waals surface area contributed by atoms with E-state index in [1.54, 1.807) is 0 Å². The maximum absolute atomic E-state index is 12.7. The number of carbonyl (C=O) groups excluding carboxylic acids is 3. The Morgan fingerprint density at radius 1 is 0.333 bits per heavy atom. The number of unbranched alkanes of at least 4 members (excludes halogenated alkanes) is 33. The van der Waals surface area contributed by atoms with Gasteiger partial charge in [-0.25, -0.2) is 0 Å². The van der Waals surface area contributed by atoms with E-state index in [1.165, 1.54) is 180 Å². The van der Waals surface area contributed by atoms with Gasteiger partial charge in [0.1, 0.15) is 13.2 Å². The van der Waals surface area contributed by atoms with Crippen molar-refractivity contribution in [3.05, 3.63) is 0 Å². The Labute approximate surface area is 355 Å². The molecule has 0 spiro atoms. The Morgan fingerprint density at radius 3 is 0.860 bits per heavy atom. The van der Waals surface area contributed by atoms with Crippen molar-refractivity contribution in [2.75, 3.05) is 13.2 Å². The van der Waals surface area contributed by atoms with Gasteiger partial charge in [-0.3, -0.25) is 14.4 Å². The van der Waals surface area contributed by atoms with Gasteiger partial charge in [0.15, 0.2) is 6.10 Å². The zero-order valence-electron chi connectivity index (χ0n) is 38.8. The van der Waals surface area contributed by atoms with E-state index in [9.17, 15) is 14.4 Å². The molecule has 0 heterocycles. The Kier molecular flexibility index (Phi) is 44.2. The van der Waals surface area contributed by atoms with Crippen LogP contribution < -0.4 is 0 Å². The molecule has 0 aromatic heterocycles. The normalized spacial score (nSPS) is 11.9. The summed E-state index contributed by atoms with van der Waals surface area (Å²) in [5, 5.41) is 0. The molecule has 338 valence electrons. The average Bonchev–Trinajstić information content (AvgIpc) is 3.19. The number of ether oxygens (including phenoxy) is 3. The smallest absolute Gasteiger partial charge is 0.306 e. The molecule has 0 amide bonds. The highest BCUT2D eigenvalue weighted by atomic mass is 16.6. The van der Waals surface area contributed by atoms with Crippen molar-refractivity contribution in [2.24, 2.45) is 5.92 Å². The summed E-state index contributed by atoms with van der Waals surface area (Å²) in [5.74, 6) is -0.0218. The third-order valence-corrected chi connectivity index (χ3v) is 11.5. The van der Waals surface area contributed by atoms with Crippen LogP contribution in [0.4, 0.5) is 0 Å². The van der Waals surface area contributed by atoms with Gasteiger partial charge in [-0.05, 0) is 25.2 Å². The van der Waals surface area contributed by atoms with Gasteiger partial charge in [-0.1, -0.05) is 246 Å². The highest BCUT2D eigenvalue weighted by Crippen LogP contribution is 2.17. The molecule has 0 unspecified atom stereocenters. The summed E-state index contributed by atoms with van der Waals surface area (Å²) in [5.41, 5.74) is 0. The lowest BCUT2D eigenvalue weighted by Gasteiger charge is -2.18. The first-order valence-corrected chi connectivity index (χ1v) is 25.4. The number of rotatable bonds is 46. The second-order valence-electron chi connectivity index (χ2n) is 17.9. The molecule has 0 aromatic rings. The van der Waals surface area contributed by atoms with Crippen LogP contribution >= 0.6 is 0 Å². The molecule has 0 N–H and O–H groups in total. The van der Waals surface area contributed by atoms with E-state index < -0.39 is 6.10 Å². The molecule has 0 aliphatic carbocycles. The molecule has 0 saturated heterocycles. The molecule has 0 aromatic carbocycles. The molecule has 0 rings (SSSR count). The highest BCUT2D eigenvalue weighted by molar-refractivity contribution is 5.71. The van der Waals surface area contributed by atoms with E-state index in [1.807, 2.05) is 0 Å². The molecule has 57 heavy (non-hydrogen) atoms. The van der Waals surface area contributed by atoms with Crippen LogP contribution in [0.15, 0.2) is 0 Å². The van der Waals surface area contributed by atoms with E-state index in [0.29, 0.717) is 19.3 Å². The van der Waals surface area contributed by atoms with Crippen molar-refractivity contribution < 1.29 is 28.6 Å². The van der Waals surface area contributed by atoms with Gasteiger partial charge < -0.3 is 14.2 Å². The largest absolute Gasteiger partial charge is 0.462 e. The molecule has 6 nitrogen and oxygen atoms in total. The summed E-state index contributed by atoms with van der Waals surface area (Å²) in [6, 6.07) is 0. The van der Waals surface area contributed by atoms with E-state index in [-0.39, 0.29) is 31.1 Å². The summed E-state index contributed by atoms with van der Waals surface area (Å²) >= 11 is 0. The molecule has 6 heteroatoms. The number of hydrogen-bond donors (Lipinski definition) is 0. The molecule has 0 fully saturated rings. The van der Waals surface area contributed by atoms with Crippen LogP contribution in [0.2, 0.25) is 0 Å². The molecule has 1 atom stereocenters. The lowest BCUT2D eigenvalue weighted by molar-refractivity contribution is -0.167. The van der Waals surface area contributed by atoms with Crippen molar-refractivity contribution in [1.82, 2.24) is 0 Å². The minimum Gasteiger partial charge on any atom is -0.462 e. The quantitative estimate of drug-likeness (QED) is 0.0346. The van der Waals surface area contributed by atoms with Gasteiger partial charge in [-0.2, -0.15) is 0 Å². The van der Waals surface area contributed by atoms with Gasteiger partial charge in [0.25, 0.3) is 0 Å². The molecular weight excluding hydrogens is 709 g/mol. The molecule has 0 aliphatic rings. The van der Waals surface area contributed by atoms with E-state index in [4.69, 9.17) is 14.2 Å². The first-order valence-electron chi connectivity index (χ1n) is 25.4. The maximum Gasteiger partial charge on any atom is 0.306 e. The van der Waals surface area contributed by atoms with Gasteiger partial charge in [0.2, 0.25) is 0 Å².